The topological polar surface area (TPSA) is 43.2 Å². The molecule has 3 heterocycles. The monoisotopic (exact) mass is 467 g/mol. The second kappa shape index (κ2) is 7.43. The van der Waals surface area contributed by atoms with E-state index in [-0.39, 0.29) is 17.0 Å². The number of benzene rings is 2. The molecule has 6 heteroatoms. The Morgan fingerprint density at radius 3 is 2.66 bits per heavy atom. The Bertz CT molecular complexity index is 1470. The van der Waals surface area contributed by atoms with E-state index in [0.717, 1.165) is 54.6 Å². The third-order valence-electron chi connectivity index (χ3n) is 7.94. The number of halogens is 2. The minimum atomic E-state index is -0.469. The van der Waals surface area contributed by atoms with Gasteiger partial charge < -0.3 is 4.74 Å². The second-order valence-corrected chi connectivity index (χ2v) is 9.74. The SMILES string of the molecule is Fc1ccc(-n2ncc3c2C=C2CC[C@]4(CCc5ccccc5-c5ccc(F)nc5)OC24C3)cc1. The van der Waals surface area contributed by atoms with Crippen LogP contribution >= 0.6 is 0 Å². The predicted molar refractivity (Wildman–Crippen MR) is 129 cm³/mol. The summed E-state index contributed by atoms with van der Waals surface area (Å²) in [4.78, 5) is 3.83. The standard InChI is InChI=1S/C29H23F2N3O/c30-23-6-8-24(9-7-23)34-26-15-22-12-14-28(29(22,35-28)16-21(26)18-33-34)13-11-19-3-1-2-4-25(19)20-5-10-27(31)32-17-20/h1-10,15,17-18H,11-14,16H2/t28-,29?/m0/s1. The Hall–Kier alpha value is -3.64. The van der Waals surface area contributed by atoms with Crippen molar-refractivity contribution in [1.29, 1.82) is 0 Å². The van der Waals surface area contributed by atoms with Gasteiger partial charge in [0.2, 0.25) is 5.95 Å². The third kappa shape index (κ3) is 3.13. The van der Waals surface area contributed by atoms with Crippen molar-refractivity contribution in [1.82, 2.24) is 14.8 Å². The van der Waals surface area contributed by atoms with Gasteiger partial charge >= 0.3 is 0 Å². The van der Waals surface area contributed by atoms with Crippen LogP contribution < -0.4 is 0 Å². The van der Waals surface area contributed by atoms with Crippen LogP contribution in [0.4, 0.5) is 8.78 Å². The largest absolute Gasteiger partial charge is 0.357 e. The van der Waals surface area contributed by atoms with Gasteiger partial charge in [0, 0.05) is 23.7 Å². The lowest BCUT2D eigenvalue weighted by molar-refractivity contribution is 0.235. The zero-order valence-electron chi connectivity index (χ0n) is 19.0. The van der Waals surface area contributed by atoms with Gasteiger partial charge in [-0.2, -0.15) is 9.49 Å². The first kappa shape index (κ1) is 20.7. The Morgan fingerprint density at radius 1 is 0.971 bits per heavy atom. The molecule has 4 aromatic rings. The van der Waals surface area contributed by atoms with E-state index < -0.39 is 5.95 Å². The fourth-order valence-electron chi connectivity index (χ4n) is 6.13. The van der Waals surface area contributed by atoms with Crippen molar-refractivity contribution >= 4 is 6.08 Å². The molecular formula is C29H23F2N3O. The highest BCUT2D eigenvalue weighted by Gasteiger charge is 2.74. The molecule has 3 aliphatic rings. The maximum atomic E-state index is 13.4. The number of aromatic nitrogens is 3. The van der Waals surface area contributed by atoms with Gasteiger partial charge in [-0.15, -0.1) is 0 Å². The summed E-state index contributed by atoms with van der Waals surface area (Å²) in [7, 11) is 0. The molecule has 2 aromatic heterocycles. The number of hydrogen-bond donors (Lipinski definition) is 0. The molecule has 0 N–H and O–H groups in total. The molecule has 2 fully saturated rings. The van der Waals surface area contributed by atoms with Gasteiger partial charge in [-0.05, 0) is 84.9 Å². The number of aryl methyl sites for hydroxylation is 1. The van der Waals surface area contributed by atoms with E-state index in [1.807, 2.05) is 23.0 Å². The molecule has 2 atom stereocenters. The Morgan fingerprint density at radius 2 is 1.83 bits per heavy atom. The number of fused-ring (bicyclic) bond motifs is 1. The van der Waals surface area contributed by atoms with E-state index >= 15 is 0 Å². The molecule has 0 radical (unpaired) electrons. The van der Waals surface area contributed by atoms with E-state index in [9.17, 15) is 8.78 Å². The lowest BCUT2D eigenvalue weighted by Gasteiger charge is -2.20. The molecule has 2 aromatic carbocycles. The zero-order chi connectivity index (χ0) is 23.6. The molecular weight excluding hydrogens is 444 g/mol. The fraction of sp³-hybridized carbons (Fsp3) is 0.241. The first-order valence-corrected chi connectivity index (χ1v) is 12.0. The first-order valence-electron chi connectivity index (χ1n) is 12.0. The number of rotatable bonds is 5. The fourth-order valence-corrected chi connectivity index (χ4v) is 6.13. The number of nitrogens with zero attached hydrogens (tertiary/aromatic N) is 3. The highest BCUT2D eigenvalue weighted by atomic mass is 19.1. The average Bonchev–Trinajstić information content (AvgIpc) is 3.15. The van der Waals surface area contributed by atoms with Gasteiger partial charge in [0.05, 0.1) is 17.6 Å². The van der Waals surface area contributed by atoms with Crippen molar-refractivity contribution in [3.05, 3.63) is 107 Å². The maximum absolute atomic E-state index is 13.4. The van der Waals surface area contributed by atoms with Crippen molar-refractivity contribution in [2.75, 3.05) is 0 Å². The third-order valence-corrected chi connectivity index (χ3v) is 7.94. The quantitative estimate of drug-likeness (QED) is 0.264. The van der Waals surface area contributed by atoms with Crippen LogP contribution in [0.5, 0.6) is 0 Å². The summed E-state index contributed by atoms with van der Waals surface area (Å²) >= 11 is 0. The number of epoxide rings is 1. The van der Waals surface area contributed by atoms with E-state index in [4.69, 9.17) is 4.74 Å². The normalized spacial score (nSPS) is 23.9. The van der Waals surface area contributed by atoms with Crippen LogP contribution in [0.1, 0.15) is 36.1 Å². The number of hydrogen-bond acceptors (Lipinski definition) is 3. The molecule has 1 saturated carbocycles. The molecule has 2 aliphatic carbocycles. The van der Waals surface area contributed by atoms with Gasteiger partial charge in [-0.25, -0.2) is 14.1 Å². The van der Waals surface area contributed by atoms with Crippen LogP contribution in [0.2, 0.25) is 0 Å². The minimum absolute atomic E-state index is 0.150. The van der Waals surface area contributed by atoms with E-state index in [2.05, 4.69) is 28.3 Å². The van der Waals surface area contributed by atoms with Crippen LogP contribution in [-0.4, -0.2) is 26.0 Å². The van der Waals surface area contributed by atoms with E-state index in [0.29, 0.717) is 0 Å². The molecule has 7 rings (SSSR count). The highest BCUT2D eigenvalue weighted by Crippen LogP contribution is 2.67. The molecule has 1 aliphatic heterocycles. The number of pyridine rings is 1. The summed E-state index contributed by atoms with van der Waals surface area (Å²) in [5.74, 6) is -0.723. The second-order valence-electron chi connectivity index (χ2n) is 9.74. The van der Waals surface area contributed by atoms with Gasteiger partial charge in [0.1, 0.15) is 17.0 Å². The molecule has 1 unspecified atom stereocenters. The van der Waals surface area contributed by atoms with Crippen LogP contribution in [0.3, 0.4) is 0 Å². The van der Waals surface area contributed by atoms with E-state index in [1.165, 1.54) is 34.9 Å². The molecule has 0 amide bonds. The van der Waals surface area contributed by atoms with Crippen molar-refractivity contribution in [3.63, 3.8) is 0 Å². The van der Waals surface area contributed by atoms with Crippen molar-refractivity contribution in [2.24, 2.45) is 0 Å². The van der Waals surface area contributed by atoms with Crippen LogP contribution in [0, 0.1) is 11.8 Å². The van der Waals surface area contributed by atoms with Gasteiger partial charge in [0.15, 0.2) is 0 Å². The summed E-state index contributed by atoms with van der Waals surface area (Å²) in [5.41, 5.74) is 7.28. The van der Waals surface area contributed by atoms with E-state index in [1.54, 1.807) is 24.4 Å². The molecule has 0 bridgehead atoms. The van der Waals surface area contributed by atoms with Crippen LogP contribution in [0.25, 0.3) is 22.9 Å². The minimum Gasteiger partial charge on any atom is -0.357 e. The lowest BCUT2D eigenvalue weighted by Crippen LogP contribution is -2.27. The highest BCUT2D eigenvalue weighted by molar-refractivity contribution is 5.68. The Kier molecular flexibility index (Phi) is 4.39. The molecule has 174 valence electrons. The van der Waals surface area contributed by atoms with Gasteiger partial charge in [-0.3, -0.25) is 0 Å². The molecule has 1 spiro atoms. The summed E-state index contributed by atoms with van der Waals surface area (Å²) in [6.07, 6.45) is 10.4. The summed E-state index contributed by atoms with van der Waals surface area (Å²) in [6, 6.07) is 17.9. The van der Waals surface area contributed by atoms with Crippen molar-refractivity contribution in [2.45, 2.75) is 43.3 Å². The van der Waals surface area contributed by atoms with Gasteiger partial charge in [-0.1, -0.05) is 24.3 Å². The van der Waals surface area contributed by atoms with Crippen LogP contribution in [0.15, 0.2) is 78.6 Å². The zero-order valence-corrected chi connectivity index (χ0v) is 19.0. The lowest BCUT2D eigenvalue weighted by atomic mass is 9.80. The molecule has 4 nitrogen and oxygen atoms in total. The smallest absolute Gasteiger partial charge is 0.212 e. The maximum Gasteiger partial charge on any atom is 0.212 e. The summed E-state index contributed by atoms with van der Waals surface area (Å²) in [5, 5.41) is 4.60. The average molecular weight is 468 g/mol. The van der Waals surface area contributed by atoms with Crippen molar-refractivity contribution in [3.8, 4) is 16.8 Å². The first-order chi connectivity index (χ1) is 17.1. The van der Waals surface area contributed by atoms with Gasteiger partial charge in [0.25, 0.3) is 0 Å². The Balaban J connectivity index is 1.15. The van der Waals surface area contributed by atoms with Crippen molar-refractivity contribution < 1.29 is 13.5 Å². The van der Waals surface area contributed by atoms with Crippen LogP contribution in [-0.2, 0) is 17.6 Å². The summed E-state index contributed by atoms with van der Waals surface area (Å²) < 4.78 is 35.2. The summed E-state index contributed by atoms with van der Waals surface area (Å²) in [6.45, 7) is 0. The number of ether oxygens (including phenoxy) is 1. The Labute approximate surface area is 201 Å². The molecule has 35 heavy (non-hydrogen) atoms. The molecule has 1 saturated heterocycles. The predicted octanol–water partition coefficient (Wildman–Crippen LogP) is 6.09.